The minimum absolute atomic E-state index is 0.168. The van der Waals surface area contributed by atoms with Crippen LogP contribution in [0.1, 0.15) is 37.5 Å². The van der Waals surface area contributed by atoms with E-state index in [0.717, 1.165) is 5.56 Å². The molecule has 2 heteroatoms. The van der Waals surface area contributed by atoms with E-state index in [1.54, 1.807) is 0 Å². The lowest BCUT2D eigenvalue weighted by Crippen LogP contribution is -2.31. The molecule has 0 radical (unpaired) electrons. The van der Waals surface area contributed by atoms with Gasteiger partial charge >= 0.3 is 5.97 Å². The molecule has 0 aromatic heterocycles. The van der Waals surface area contributed by atoms with Crippen LogP contribution in [0.4, 0.5) is 0 Å². The number of carbonyl (C=O) groups excluding carboxylic acids is 1. The van der Waals surface area contributed by atoms with Crippen molar-refractivity contribution in [1.29, 1.82) is 0 Å². The van der Waals surface area contributed by atoms with Crippen molar-refractivity contribution in [3.8, 4) is 0 Å². The molecule has 2 nitrogen and oxygen atoms in total. The maximum Gasteiger partial charge on any atom is 0.315 e. The van der Waals surface area contributed by atoms with Crippen LogP contribution < -0.4 is 0 Å². The molecule has 88 valence electrons. The first-order valence-corrected chi connectivity index (χ1v) is 5.64. The van der Waals surface area contributed by atoms with E-state index in [9.17, 15) is 4.79 Å². The van der Waals surface area contributed by atoms with Crippen LogP contribution in [0.2, 0.25) is 0 Å². The second-order valence-electron chi connectivity index (χ2n) is 4.64. The van der Waals surface area contributed by atoms with E-state index in [-0.39, 0.29) is 5.97 Å². The van der Waals surface area contributed by atoms with Gasteiger partial charge in [-0.15, -0.1) is 0 Å². The van der Waals surface area contributed by atoms with E-state index in [1.165, 1.54) is 11.1 Å². The summed E-state index contributed by atoms with van der Waals surface area (Å²) in [5.74, 6) is -0.168. The van der Waals surface area contributed by atoms with E-state index in [0.29, 0.717) is 6.61 Å². The Morgan fingerprint density at radius 2 is 1.88 bits per heavy atom. The summed E-state index contributed by atoms with van der Waals surface area (Å²) in [6.45, 7) is 10.2. The number of rotatable bonds is 3. The number of hydrogen-bond acceptors (Lipinski definition) is 2. The van der Waals surface area contributed by atoms with E-state index in [1.807, 2.05) is 32.9 Å². The summed E-state index contributed by atoms with van der Waals surface area (Å²) in [6.07, 6.45) is 0. The van der Waals surface area contributed by atoms with Gasteiger partial charge in [-0.3, -0.25) is 4.79 Å². The fourth-order valence-corrected chi connectivity index (χ4v) is 1.56. The van der Waals surface area contributed by atoms with Crippen LogP contribution >= 0.6 is 0 Å². The third-order valence-corrected chi connectivity index (χ3v) is 3.01. The molecule has 0 unspecified atom stereocenters. The smallest absolute Gasteiger partial charge is 0.315 e. The molecule has 0 spiro atoms. The molecular weight excluding hydrogens is 200 g/mol. The van der Waals surface area contributed by atoms with Crippen molar-refractivity contribution in [3.05, 3.63) is 34.9 Å². The number of carbonyl (C=O) groups is 1. The summed E-state index contributed by atoms with van der Waals surface area (Å²) in [5.41, 5.74) is 2.88. The zero-order chi connectivity index (χ0) is 12.3. The third-order valence-electron chi connectivity index (χ3n) is 3.01. The first-order valence-electron chi connectivity index (χ1n) is 5.64. The maximum atomic E-state index is 11.8. The summed E-state index contributed by atoms with van der Waals surface area (Å²) in [6, 6.07) is 6.11. The molecule has 16 heavy (non-hydrogen) atoms. The standard InChI is InChI=1S/C14H20O2/c1-6-16-13(15)14(4,5)12-8-7-10(2)11(3)9-12/h7-9H,6H2,1-5H3. The molecule has 0 bridgehead atoms. The molecule has 0 atom stereocenters. The Hall–Kier alpha value is -1.31. The van der Waals surface area contributed by atoms with Gasteiger partial charge in [0.1, 0.15) is 0 Å². The lowest BCUT2D eigenvalue weighted by Gasteiger charge is -2.23. The van der Waals surface area contributed by atoms with Gasteiger partial charge in [0.2, 0.25) is 0 Å². The first-order chi connectivity index (χ1) is 7.39. The zero-order valence-electron chi connectivity index (χ0n) is 10.8. The quantitative estimate of drug-likeness (QED) is 0.731. The van der Waals surface area contributed by atoms with Crippen LogP contribution in [0.5, 0.6) is 0 Å². The minimum Gasteiger partial charge on any atom is -0.465 e. The number of esters is 1. The first kappa shape index (κ1) is 12.8. The Labute approximate surface area is 97.6 Å². The van der Waals surface area contributed by atoms with Crippen molar-refractivity contribution in [2.24, 2.45) is 0 Å². The van der Waals surface area contributed by atoms with Gasteiger partial charge in [0.15, 0.2) is 0 Å². The van der Waals surface area contributed by atoms with Gasteiger partial charge in [-0.05, 0) is 51.3 Å². The Morgan fingerprint density at radius 1 is 1.25 bits per heavy atom. The second kappa shape index (κ2) is 4.69. The fraction of sp³-hybridized carbons (Fsp3) is 0.500. The molecule has 1 aromatic carbocycles. The lowest BCUT2D eigenvalue weighted by molar-refractivity contribution is -0.148. The Morgan fingerprint density at radius 3 is 2.38 bits per heavy atom. The topological polar surface area (TPSA) is 26.3 Å². The largest absolute Gasteiger partial charge is 0.465 e. The van der Waals surface area contributed by atoms with E-state index in [4.69, 9.17) is 4.74 Å². The molecule has 0 fully saturated rings. The Bertz CT molecular complexity index is 392. The molecule has 0 heterocycles. The lowest BCUT2D eigenvalue weighted by atomic mass is 9.83. The highest BCUT2D eigenvalue weighted by Crippen LogP contribution is 2.26. The van der Waals surface area contributed by atoms with Gasteiger partial charge in [-0.2, -0.15) is 0 Å². The average molecular weight is 220 g/mol. The molecule has 0 N–H and O–H groups in total. The Balaban J connectivity index is 3.06. The summed E-state index contributed by atoms with van der Waals surface area (Å²) in [7, 11) is 0. The molecule has 1 aromatic rings. The van der Waals surface area contributed by atoms with Gasteiger partial charge in [-0.1, -0.05) is 18.2 Å². The maximum absolute atomic E-state index is 11.8. The monoisotopic (exact) mass is 220 g/mol. The van der Waals surface area contributed by atoms with Crippen molar-refractivity contribution >= 4 is 5.97 Å². The predicted octanol–water partition coefficient (Wildman–Crippen LogP) is 3.14. The Kier molecular flexibility index (Phi) is 3.74. The van der Waals surface area contributed by atoms with E-state index < -0.39 is 5.41 Å². The van der Waals surface area contributed by atoms with E-state index >= 15 is 0 Å². The third kappa shape index (κ3) is 2.43. The van der Waals surface area contributed by atoms with Crippen LogP contribution in [0.15, 0.2) is 18.2 Å². The van der Waals surface area contributed by atoms with Crippen molar-refractivity contribution in [2.75, 3.05) is 6.61 Å². The van der Waals surface area contributed by atoms with Crippen LogP contribution in [0, 0.1) is 13.8 Å². The van der Waals surface area contributed by atoms with Gasteiger partial charge in [0, 0.05) is 0 Å². The number of benzene rings is 1. The highest BCUT2D eigenvalue weighted by atomic mass is 16.5. The minimum atomic E-state index is -0.575. The molecular formula is C14H20O2. The second-order valence-corrected chi connectivity index (χ2v) is 4.64. The zero-order valence-corrected chi connectivity index (χ0v) is 10.8. The SMILES string of the molecule is CCOC(=O)C(C)(C)c1ccc(C)c(C)c1. The van der Waals surface area contributed by atoms with E-state index in [2.05, 4.69) is 19.9 Å². The predicted molar refractivity (Wildman–Crippen MR) is 65.6 cm³/mol. The van der Waals surface area contributed by atoms with Crippen LogP contribution in [-0.4, -0.2) is 12.6 Å². The van der Waals surface area contributed by atoms with Crippen molar-refractivity contribution in [1.82, 2.24) is 0 Å². The van der Waals surface area contributed by atoms with Crippen molar-refractivity contribution in [2.45, 2.75) is 40.0 Å². The molecule has 0 aliphatic heterocycles. The summed E-state index contributed by atoms with van der Waals surface area (Å²) < 4.78 is 5.09. The summed E-state index contributed by atoms with van der Waals surface area (Å²) in [4.78, 5) is 11.8. The normalized spacial score (nSPS) is 11.3. The van der Waals surface area contributed by atoms with Gasteiger partial charge in [-0.25, -0.2) is 0 Å². The number of aryl methyl sites for hydroxylation is 2. The summed E-state index contributed by atoms with van der Waals surface area (Å²) in [5, 5.41) is 0. The van der Waals surface area contributed by atoms with Crippen LogP contribution in [0.25, 0.3) is 0 Å². The molecule has 1 rings (SSSR count). The molecule has 0 amide bonds. The molecule has 0 aliphatic carbocycles. The van der Waals surface area contributed by atoms with Crippen molar-refractivity contribution in [3.63, 3.8) is 0 Å². The van der Waals surface area contributed by atoms with Gasteiger partial charge < -0.3 is 4.74 Å². The highest BCUT2D eigenvalue weighted by molar-refractivity contribution is 5.82. The highest BCUT2D eigenvalue weighted by Gasteiger charge is 2.31. The van der Waals surface area contributed by atoms with Crippen LogP contribution in [-0.2, 0) is 14.9 Å². The molecule has 0 saturated carbocycles. The number of hydrogen-bond donors (Lipinski definition) is 0. The van der Waals surface area contributed by atoms with Crippen LogP contribution in [0.3, 0.4) is 0 Å². The van der Waals surface area contributed by atoms with Gasteiger partial charge in [0.05, 0.1) is 12.0 Å². The summed E-state index contributed by atoms with van der Waals surface area (Å²) >= 11 is 0. The fourth-order valence-electron chi connectivity index (χ4n) is 1.56. The average Bonchev–Trinajstić information content (AvgIpc) is 2.22. The number of ether oxygens (including phenoxy) is 1. The van der Waals surface area contributed by atoms with Gasteiger partial charge in [0.25, 0.3) is 0 Å². The van der Waals surface area contributed by atoms with Crippen molar-refractivity contribution < 1.29 is 9.53 Å². The molecule has 0 aliphatic rings. The molecule has 0 saturated heterocycles.